The van der Waals surface area contributed by atoms with E-state index >= 15 is 0 Å². The number of hydrogen-bond donors (Lipinski definition) is 1. The molecule has 20 heavy (non-hydrogen) atoms. The van der Waals surface area contributed by atoms with Gasteiger partial charge in [-0.2, -0.15) is 13.2 Å². The number of rotatable bonds is 5. The number of halogens is 3. The van der Waals surface area contributed by atoms with Crippen LogP contribution in [-0.4, -0.2) is 31.1 Å². The Morgan fingerprint density at radius 1 is 1.25 bits per heavy atom. The molecule has 0 spiro atoms. The maximum absolute atomic E-state index is 12.4. The average molecular weight is 286 g/mol. The van der Waals surface area contributed by atoms with Gasteiger partial charge < -0.3 is 10.2 Å². The number of hydrogen-bond acceptors (Lipinski definition) is 2. The highest BCUT2D eigenvalue weighted by molar-refractivity contribution is 5.24. The standard InChI is InChI=1S/C15H21F3N2/c1-2-20-8-7-13(11-20)10-19-9-12-3-5-14(6-4-12)15(16,17)18/h3-6,13,19H,2,7-11H2,1H3. The second-order valence-electron chi connectivity index (χ2n) is 5.37. The van der Waals surface area contributed by atoms with Gasteiger partial charge in [-0.25, -0.2) is 0 Å². The van der Waals surface area contributed by atoms with Crippen molar-refractivity contribution in [2.75, 3.05) is 26.2 Å². The molecule has 5 heteroatoms. The molecule has 0 aliphatic carbocycles. The predicted molar refractivity (Wildman–Crippen MR) is 73.4 cm³/mol. The van der Waals surface area contributed by atoms with Crippen molar-refractivity contribution in [3.63, 3.8) is 0 Å². The first-order valence-electron chi connectivity index (χ1n) is 7.08. The predicted octanol–water partition coefficient (Wildman–Crippen LogP) is 3.14. The number of nitrogens with zero attached hydrogens (tertiary/aromatic N) is 1. The van der Waals surface area contributed by atoms with Gasteiger partial charge in [0, 0.05) is 13.1 Å². The third-order valence-corrected chi connectivity index (χ3v) is 3.86. The zero-order valence-electron chi connectivity index (χ0n) is 11.7. The van der Waals surface area contributed by atoms with Crippen LogP contribution in [0, 0.1) is 5.92 Å². The van der Waals surface area contributed by atoms with E-state index in [9.17, 15) is 13.2 Å². The molecule has 1 heterocycles. The summed E-state index contributed by atoms with van der Waals surface area (Å²) >= 11 is 0. The molecule has 0 bridgehead atoms. The minimum atomic E-state index is -4.25. The van der Waals surface area contributed by atoms with Crippen LogP contribution in [0.4, 0.5) is 13.2 Å². The van der Waals surface area contributed by atoms with Crippen LogP contribution in [0.5, 0.6) is 0 Å². The molecule has 1 atom stereocenters. The van der Waals surface area contributed by atoms with E-state index in [4.69, 9.17) is 0 Å². The van der Waals surface area contributed by atoms with Crippen LogP contribution in [-0.2, 0) is 12.7 Å². The second kappa shape index (κ2) is 6.59. The lowest BCUT2D eigenvalue weighted by Gasteiger charge is -2.14. The summed E-state index contributed by atoms with van der Waals surface area (Å²) in [5, 5.41) is 3.34. The molecule has 1 aliphatic heterocycles. The molecule has 1 aromatic rings. The zero-order chi connectivity index (χ0) is 14.6. The van der Waals surface area contributed by atoms with Gasteiger partial charge in [0.05, 0.1) is 5.56 Å². The molecule has 1 fully saturated rings. The summed E-state index contributed by atoms with van der Waals surface area (Å²) in [6.45, 7) is 7.09. The molecule has 2 rings (SSSR count). The first kappa shape index (κ1) is 15.3. The molecule has 1 unspecified atom stereocenters. The Morgan fingerprint density at radius 3 is 2.50 bits per heavy atom. The van der Waals surface area contributed by atoms with E-state index in [1.807, 2.05) is 0 Å². The third-order valence-electron chi connectivity index (χ3n) is 3.86. The molecule has 112 valence electrons. The summed E-state index contributed by atoms with van der Waals surface area (Å²) in [7, 11) is 0. The quantitative estimate of drug-likeness (QED) is 0.894. The fourth-order valence-electron chi connectivity index (χ4n) is 2.60. The Labute approximate surface area is 118 Å². The monoisotopic (exact) mass is 286 g/mol. The molecule has 1 aromatic carbocycles. The van der Waals surface area contributed by atoms with Crippen molar-refractivity contribution in [2.24, 2.45) is 5.92 Å². The zero-order valence-corrected chi connectivity index (χ0v) is 11.7. The van der Waals surface area contributed by atoms with Gasteiger partial charge >= 0.3 is 6.18 Å². The molecule has 1 saturated heterocycles. The fourth-order valence-corrected chi connectivity index (χ4v) is 2.60. The molecule has 1 aliphatic rings. The SMILES string of the molecule is CCN1CCC(CNCc2ccc(C(F)(F)F)cc2)C1. The molecule has 0 radical (unpaired) electrons. The first-order chi connectivity index (χ1) is 9.49. The van der Waals surface area contributed by atoms with E-state index in [1.54, 1.807) is 12.1 Å². The summed E-state index contributed by atoms with van der Waals surface area (Å²) in [5.74, 6) is 0.657. The molecule has 0 amide bonds. The topological polar surface area (TPSA) is 15.3 Å². The Kier molecular flexibility index (Phi) is 5.05. The van der Waals surface area contributed by atoms with Crippen LogP contribution in [0.2, 0.25) is 0 Å². The highest BCUT2D eigenvalue weighted by atomic mass is 19.4. The molecule has 0 saturated carbocycles. The van der Waals surface area contributed by atoms with Crippen LogP contribution in [0.1, 0.15) is 24.5 Å². The van der Waals surface area contributed by atoms with Gasteiger partial charge in [-0.15, -0.1) is 0 Å². The highest BCUT2D eigenvalue weighted by Crippen LogP contribution is 2.29. The first-order valence-corrected chi connectivity index (χ1v) is 7.08. The van der Waals surface area contributed by atoms with E-state index in [0.717, 1.165) is 43.9 Å². The van der Waals surface area contributed by atoms with Crippen molar-refractivity contribution >= 4 is 0 Å². The van der Waals surface area contributed by atoms with E-state index in [1.165, 1.54) is 6.42 Å². The van der Waals surface area contributed by atoms with Crippen molar-refractivity contribution in [3.8, 4) is 0 Å². The minimum Gasteiger partial charge on any atom is -0.312 e. The lowest BCUT2D eigenvalue weighted by Crippen LogP contribution is -2.26. The van der Waals surface area contributed by atoms with Crippen molar-refractivity contribution in [1.29, 1.82) is 0 Å². The van der Waals surface area contributed by atoms with E-state index in [0.29, 0.717) is 12.5 Å². The number of alkyl halides is 3. The summed E-state index contributed by atoms with van der Waals surface area (Å²) in [6, 6.07) is 5.38. The molecule has 0 aromatic heterocycles. The van der Waals surface area contributed by atoms with Crippen molar-refractivity contribution in [2.45, 2.75) is 26.1 Å². The van der Waals surface area contributed by atoms with Crippen LogP contribution in [0.25, 0.3) is 0 Å². The van der Waals surface area contributed by atoms with E-state index < -0.39 is 11.7 Å². The van der Waals surface area contributed by atoms with Gasteiger partial charge in [-0.05, 0) is 49.7 Å². The van der Waals surface area contributed by atoms with Crippen LogP contribution < -0.4 is 5.32 Å². The van der Waals surface area contributed by atoms with Gasteiger partial charge in [0.15, 0.2) is 0 Å². The molecule has 1 N–H and O–H groups in total. The Hall–Kier alpha value is -1.07. The van der Waals surface area contributed by atoms with Gasteiger partial charge in [0.25, 0.3) is 0 Å². The van der Waals surface area contributed by atoms with Crippen molar-refractivity contribution in [1.82, 2.24) is 10.2 Å². The Balaban J connectivity index is 1.75. The summed E-state index contributed by atoms with van der Waals surface area (Å²) < 4.78 is 37.3. The molecular formula is C15H21F3N2. The van der Waals surface area contributed by atoms with Gasteiger partial charge in [0.2, 0.25) is 0 Å². The van der Waals surface area contributed by atoms with E-state index in [2.05, 4.69) is 17.1 Å². The van der Waals surface area contributed by atoms with E-state index in [-0.39, 0.29) is 0 Å². The lowest BCUT2D eigenvalue weighted by atomic mass is 10.1. The largest absolute Gasteiger partial charge is 0.416 e. The minimum absolute atomic E-state index is 0.587. The summed E-state index contributed by atoms with van der Waals surface area (Å²) in [5.41, 5.74) is 0.305. The second-order valence-corrected chi connectivity index (χ2v) is 5.37. The van der Waals surface area contributed by atoms with Gasteiger partial charge in [-0.3, -0.25) is 0 Å². The van der Waals surface area contributed by atoms with Crippen LogP contribution in [0.3, 0.4) is 0 Å². The highest BCUT2D eigenvalue weighted by Gasteiger charge is 2.29. The Bertz CT molecular complexity index is 414. The number of likely N-dealkylation sites (tertiary alicyclic amines) is 1. The average Bonchev–Trinajstić information content (AvgIpc) is 2.86. The maximum Gasteiger partial charge on any atom is 0.416 e. The number of nitrogens with one attached hydrogen (secondary N) is 1. The summed E-state index contributed by atoms with van der Waals surface area (Å²) in [6.07, 6.45) is -3.05. The van der Waals surface area contributed by atoms with Gasteiger partial charge in [-0.1, -0.05) is 19.1 Å². The van der Waals surface area contributed by atoms with Crippen LogP contribution >= 0.6 is 0 Å². The Morgan fingerprint density at radius 2 is 1.95 bits per heavy atom. The fraction of sp³-hybridized carbons (Fsp3) is 0.600. The third kappa shape index (κ3) is 4.21. The maximum atomic E-state index is 12.4. The van der Waals surface area contributed by atoms with Crippen molar-refractivity contribution < 1.29 is 13.2 Å². The smallest absolute Gasteiger partial charge is 0.312 e. The summed E-state index contributed by atoms with van der Waals surface area (Å²) in [4.78, 5) is 2.42. The van der Waals surface area contributed by atoms with Gasteiger partial charge in [0.1, 0.15) is 0 Å². The van der Waals surface area contributed by atoms with Crippen molar-refractivity contribution in [3.05, 3.63) is 35.4 Å². The molecular weight excluding hydrogens is 265 g/mol. The number of benzene rings is 1. The molecule has 2 nitrogen and oxygen atoms in total. The van der Waals surface area contributed by atoms with Crippen LogP contribution in [0.15, 0.2) is 24.3 Å². The normalized spacial score (nSPS) is 20.5. The lowest BCUT2D eigenvalue weighted by molar-refractivity contribution is -0.137.